The zero-order valence-electron chi connectivity index (χ0n) is 13.5. The first kappa shape index (κ1) is 16.0. The fraction of sp³-hybridized carbons (Fsp3) is 0.750. The van der Waals surface area contributed by atoms with Gasteiger partial charge in [-0.25, -0.2) is 0 Å². The maximum atomic E-state index is 12.6. The van der Waals surface area contributed by atoms with Crippen LogP contribution in [0.4, 0.5) is 0 Å². The highest BCUT2D eigenvalue weighted by Gasteiger charge is 2.27. The van der Waals surface area contributed by atoms with Crippen LogP contribution in [0.1, 0.15) is 56.8 Å². The second-order valence-corrected chi connectivity index (χ2v) is 7.12. The van der Waals surface area contributed by atoms with Crippen LogP contribution in [0.3, 0.4) is 0 Å². The summed E-state index contributed by atoms with van der Waals surface area (Å²) in [5, 5.41) is 13.5. The number of aliphatic hydroxyl groups excluding tert-OH is 1. The minimum Gasteiger partial charge on any atom is -0.396 e. The van der Waals surface area contributed by atoms with Crippen molar-refractivity contribution in [1.82, 2.24) is 14.7 Å². The van der Waals surface area contributed by atoms with Crippen molar-refractivity contribution in [1.29, 1.82) is 0 Å². The minimum atomic E-state index is -0.115. The van der Waals surface area contributed by atoms with Gasteiger partial charge in [0.1, 0.15) is 0 Å². The lowest BCUT2D eigenvalue weighted by Crippen LogP contribution is -2.39. The third-order valence-corrected chi connectivity index (χ3v) is 4.46. The summed E-state index contributed by atoms with van der Waals surface area (Å²) < 4.78 is 1.83. The minimum absolute atomic E-state index is 0.0398. The molecule has 0 saturated heterocycles. The van der Waals surface area contributed by atoms with Crippen LogP contribution in [0, 0.1) is 5.92 Å². The second kappa shape index (κ2) is 6.18. The molecule has 0 aromatic carbocycles. The number of amides is 1. The van der Waals surface area contributed by atoms with Crippen molar-refractivity contribution in [2.75, 3.05) is 13.7 Å². The monoisotopic (exact) mass is 293 g/mol. The molecule has 0 unspecified atom stereocenters. The van der Waals surface area contributed by atoms with Gasteiger partial charge in [0.25, 0.3) is 5.91 Å². The number of hydrogen-bond donors (Lipinski definition) is 1. The standard InChI is InChI=1S/C16H27N3O2/c1-16(2,3)19-10-13(9-17-19)15(21)18(4)14-7-5-12(11-20)6-8-14/h9-10,12,14,20H,5-8,11H2,1-4H3. The van der Waals surface area contributed by atoms with Crippen molar-refractivity contribution < 1.29 is 9.90 Å². The molecule has 0 bridgehead atoms. The largest absolute Gasteiger partial charge is 0.396 e. The Labute approximate surface area is 126 Å². The number of nitrogens with zero attached hydrogens (tertiary/aromatic N) is 3. The first-order chi connectivity index (χ1) is 9.82. The van der Waals surface area contributed by atoms with Gasteiger partial charge in [-0.2, -0.15) is 5.10 Å². The number of aliphatic hydroxyl groups is 1. The van der Waals surface area contributed by atoms with Crippen LogP contribution < -0.4 is 0 Å². The quantitative estimate of drug-likeness (QED) is 0.930. The second-order valence-electron chi connectivity index (χ2n) is 7.12. The van der Waals surface area contributed by atoms with Gasteiger partial charge in [0.05, 0.1) is 17.3 Å². The average molecular weight is 293 g/mol. The van der Waals surface area contributed by atoms with Crippen molar-refractivity contribution in [3.8, 4) is 0 Å². The van der Waals surface area contributed by atoms with Crippen molar-refractivity contribution in [2.45, 2.75) is 58.0 Å². The number of hydrogen-bond acceptors (Lipinski definition) is 3. The molecule has 1 amide bonds. The summed E-state index contributed by atoms with van der Waals surface area (Å²) in [5.74, 6) is 0.450. The first-order valence-corrected chi connectivity index (χ1v) is 7.76. The Morgan fingerprint density at radius 3 is 2.48 bits per heavy atom. The molecule has 1 aliphatic carbocycles. The summed E-state index contributed by atoms with van der Waals surface area (Å²) in [6.45, 7) is 6.46. The normalized spacial score (nSPS) is 23.1. The predicted octanol–water partition coefficient (Wildman–Crippen LogP) is 2.26. The molecule has 1 N–H and O–H groups in total. The molecule has 21 heavy (non-hydrogen) atoms. The Hall–Kier alpha value is -1.36. The molecule has 1 heterocycles. The topological polar surface area (TPSA) is 58.4 Å². The van der Waals surface area contributed by atoms with E-state index in [1.165, 1.54) is 0 Å². The SMILES string of the molecule is CN(C(=O)c1cnn(C(C)(C)C)c1)C1CCC(CO)CC1. The lowest BCUT2D eigenvalue weighted by Gasteiger charge is -2.34. The van der Waals surface area contributed by atoms with Crippen LogP contribution in [-0.2, 0) is 5.54 Å². The molecule has 0 atom stereocenters. The maximum absolute atomic E-state index is 12.6. The zero-order chi connectivity index (χ0) is 15.6. The maximum Gasteiger partial charge on any atom is 0.257 e. The molecule has 0 radical (unpaired) electrons. The number of carbonyl (C=O) groups excluding carboxylic acids is 1. The summed E-state index contributed by atoms with van der Waals surface area (Å²) in [6.07, 6.45) is 7.43. The van der Waals surface area contributed by atoms with E-state index < -0.39 is 0 Å². The lowest BCUT2D eigenvalue weighted by atomic mass is 9.86. The highest BCUT2D eigenvalue weighted by molar-refractivity contribution is 5.93. The third kappa shape index (κ3) is 3.64. The van der Waals surface area contributed by atoms with Gasteiger partial charge >= 0.3 is 0 Å². The molecule has 5 nitrogen and oxygen atoms in total. The van der Waals surface area contributed by atoms with Gasteiger partial charge in [-0.05, 0) is 52.4 Å². The molecule has 2 rings (SSSR count). The van der Waals surface area contributed by atoms with E-state index in [9.17, 15) is 9.90 Å². The molecule has 118 valence electrons. The smallest absolute Gasteiger partial charge is 0.257 e. The van der Waals surface area contributed by atoms with E-state index in [1.807, 2.05) is 22.8 Å². The van der Waals surface area contributed by atoms with E-state index in [-0.39, 0.29) is 24.1 Å². The van der Waals surface area contributed by atoms with Crippen LogP contribution in [-0.4, -0.2) is 45.4 Å². The Morgan fingerprint density at radius 2 is 2.00 bits per heavy atom. The van der Waals surface area contributed by atoms with Crippen LogP contribution in [0.25, 0.3) is 0 Å². The van der Waals surface area contributed by atoms with Crippen molar-refractivity contribution >= 4 is 5.91 Å². The molecule has 0 aliphatic heterocycles. The summed E-state index contributed by atoms with van der Waals surface area (Å²) in [7, 11) is 1.88. The lowest BCUT2D eigenvalue weighted by molar-refractivity contribution is 0.0652. The van der Waals surface area contributed by atoms with E-state index in [0.717, 1.165) is 25.7 Å². The van der Waals surface area contributed by atoms with E-state index >= 15 is 0 Å². The molecule has 0 spiro atoms. The van der Waals surface area contributed by atoms with Crippen molar-refractivity contribution in [3.05, 3.63) is 18.0 Å². The highest BCUT2D eigenvalue weighted by Crippen LogP contribution is 2.27. The Bertz CT molecular complexity index is 482. The number of carbonyl (C=O) groups is 1. The Morgan fingerprint density at radius 1 is 1.38 bits per heavy atom. The van der Waals surface area contributed by atoms with Gasteiger partial charge < -0.3 is 10.0 Å². The zero-order valence-corrected chi connectivity index (χ0v) is 13.5. The molecule has 5 heteroatoms. The molecule has 1 aliphatic rings. The summed E-state index contributed by atoms with van der Waals surface area (Å²) in [5.41, 5.74) is 0.535. The summed E-state index contributed by atoms with van der Waals surface area (Å²) >= 11 is 0. The van der Waals surface area contributed by atoms with Gasteiger partial charge in [0, 0.05) is 25.9 Å². The van der Waals surface area contributed by atoms with Crippen LogP contribution in [0.2, 0.25) is 0 Å². The van der Waals surface area contributed by atoms with Gasteiger partial charge in [-0.1, -0.05) is 0 Å². The molecular formula is C16H27N3O2. The fourth-order valence-corrected chi connectivity index (χ4v) is 2.88. The third-order valence-electron chi connectivity index (χ3n) is 4.46. The van der Waals surface area contributed by atoms with E-state index in [2.05, 4.69) is 25.9 Å². The van der Waals surface area contributed by atoms with Gasteiger partial charge in [-0.15, -0.1) is 0 Å². The summed E-state index contributed by atoms with van der Waals surface area (Å²) in [6, 6.07) is 0.276. The fourth-order valence-electron chi connectivity index (χ4n) is 2.88. The summed E-state index contributed by atoms with van der Waals surface area (Å²) in [4.78, 5) is 14.4. The van der Waals surface area contributed by atoms with Gasteiger partial charge in [0.2, 0.25) is 0 Å². The molecule has 1 fully saturated rings. The average Bonchev–Trinajstić information content (AvgIpc) is 2.95. The Kier molecular flexibility index (Phi) is 4.71. The van der Waals surface area contributed by atoms with Crippen LogP contribution in [0.15, 0.2) is 12.4 Å². The van der Waals surface area contributed by atoms with Crippen molar-refractivity contribution in [2.24, 2.45) is 5.92 Å². The number of rotatable bonds is 3. The van der Waals surface area contributed by atoms with Crippen molar-refractivity contribution in [3.63, 3.8) is 0 Å². The molecule has 1 aromatic rings. The molecular weight excluding hydrogens is 266 g/mol. The first-order valence-electron chi connectivity index (χ1n) is 7.76. The Balaban J connectivity index is 2.01. The van der Waals surface area contributed by atoms with Crippen LogP contribution >= 0.6 is 0 Å². The van der Waals surface area contributed by atoms with Gasteiger partial charge in [0.15, 0.2) is 0 Å². The van der Waals surface area contributed by atoms with Crippen LogP contribution in [0.5, 0.6) is 0 Å². The number of aromatic nitrogens is 2. The highest BCUT2D eigenvalue weighted by atomic mass is 16.3. The van der Waals surface area contributed by atoms with E-state index in [1.54, 1.807) is 6.20 Å². The van der Waals surface area contributed by atoms with E-state index in [4.69, 9.17) is 0 Å². The van der Waals surface area contributed by atoms with Gasteiger partial charge in [-0.3, -0.25) is 9.48 Å². The van der Waals surface area contributed by atoms with E-state index in [0.29, 0.717) is 11.5 Å². The molecule has 1 saturated carbocycles. The molecule has 1 aromatic heterocycles. The predicted molar refractivity (Wildman–Crippen MR) is 82.1 cm³/mol.